The molecule has 0 saturated heterocycles. The van der Waals surface area contributed by atoms with Gasteiger partial charge in [-0.25, -0.2) is 4.79 Å². The Kier molecular flexibility index (Phi) is 4.92. The number of nitrogens with zero attached hydrogens (tertiary/aromatic N) is 1. The van der Waals surface area contributed by atoms with Gasteiger partial charge >= 0.3 is 5.97 Å². The highest BCUT2D eigenvalue weighted by Gasteiger charge is 2.16. The zero-order chi connectivity index (χ0) is 15.2. The SMILES string of the molecule is CCCCNc1ccc2[nH]nc(C(=O)OCC)c(=O)c2c1. The minimum Gasteiger partial charge on any atom is -0.461 e. The van der Waals surface area contributed by atoms with Gasteiger partial charge in [0.25, 0.3) is 0 Å². The van der Waals surface area contributed by atoms with Crippen molar-refractivity contribution in [1.29, 1.82) is 0 Å². The smallest absolute Gasteiger partial charge is 0.362 e. The third kappa shape index (κ3) is 3.39. The van der Waals surface area contributed by atoms with Crippen molar-refractivity contribution in [2.75, 3.05) is 18.5 Å². The van der Waals surface area contributed by atoms with E-state index in [1.807, 2.05) is 6.07 Å². The molecule has 0 bridgehead atoms. The minimum absolute atomic E-state index is 0.205. The molecular formula is C15H19N3O3. The normalized spacial score (nSPS) is 10.6. The standard InChI is InChI=1S/C15H19N3O3/c1-3-5-8-16-10-6-7-12-11(9-10)14(19)13(18-17-12)15(20)21-4-2/h6-7,9,16H,3-5,8H2,1-2H3,(H,17,19). The molecule has 0 amide bonds. The van der Waals surface area contributed by atoms with Crippen LogP contribution in [0.25, 0.3) is 10.9 Å². The van der Waals surface area contributed by atoms with Crippen molar-refractivity contribution in [3.8, 4) is 0 Å². The number of benzene rings is 1. The molecule has 2 rings (SSSR count). The van der Waals surface area contributed by atoms with Gasteiger partial charge in [0.05, 0.1) is 17.5 Å². The maximum atomic E-state index is 12.3. The number of hydrogen-bond acceptors (Lipinski definition) is 5. The van der Waals surface area contributed by atoms with E-state index in [9.17, 15) is 9.59 Å². The summed E-state index contributed by atoms with van der Waals surface area (Å²) in [7, 11) is 0. The Morgan fingerprint density at radius 2 is 2.19 bits per heavy atom. The first kappa shape index (κ1) is 15.0. The topological polar surface area (TPSA) is 84.1 Å². The highest BCUT2D eigenvalue weighted by atomic mass is 16.5. The van der Waals surface area contributed by atoms with Crippen LogP contribution in [0.4, 0.5) is 5.69 Å². The number of aromatic amines is 1. The van der Waals surface area contributed by atoms with Gasteiger partial charge < -0.3 is 10.1 Å². The van der Waals surface area contributed by atoms with Crippen molar-refractivity contribution in [3.63, 3.8) is 0 Å². The highest BCUT2D eigenvalue weighted by molar-refractivity contribution is 5.92. The molecule has 0 fully saturated rings. The van der Waals surface area contributed by atoms with Crippen LogP contribution in [0.2, 0.25) is 0 Å². The number of hydrogen-bond donors (Lipinski definition) is 2. The summed E-state index contributed by atoms with van der Waals surface area (Å²) in [6, 6.07) is 5.38. The van der Waals surface area contributed by atoms with Gasteiger partial charge in [0.15, 0.2) is 0 Å². The van der Waals surface area contributed by atoms with Crippen LogP contribution in [0.15, 0.2) is 23.0 Å². The molecule has 0 saturated carbocycles. The Bertz CT molecular complexity index is 694. The van der Waals surface area contributed by atoms with Crippen LogP contribution >= 0.6 is 0 Å². The monoisotopic (exact) mass is 289 g/mol. The van der Waals surface area contributed by atoms with E-state index in [0.29, 0.717) is 10.9 Å². The lowest BCUT2D eigenvalue weighted by Crippen LogP contribution is -2.21. The summed E-state index contributed by atoms with van der Waals surface area (Å²) in [5.74, 6) is -0.704. The summed E-state index contributed by atoms with van der Waals surface area (Å²) >= 11 is 0. The number of carbonyl (C=O) groups excluding carboxylic acids is 1. The van der Waals surface area contributed by atoms with E-state index in [4.69, 9.17) is 4.74 Å². The van der Waals surface area contributed by atoms with E-state index in [1.54, 1.807) is 19.1 Å². The number of carbonyl (C=O) groups is 1. The molecule has 1 aromatic heterocycles. The maximum absolute atomic E-state index is 12.3. The van der Waals surface area contributed by atoms with E-state index < -0.39 is 11.4 Å². The first-order valence-corrected chi connectivity index (χ1v) is 7.10. The Morgan fingerprint density at radius 3 is 2.90 bits per heavy atom. The number of fused-ring (bicyclic) bond motifs is 1. The van der Waals surface area contributed by atoms with Crippen LogP contribution in [0, 0.1) is 0 Å². The van der Waals surface area contributed by atoms with Crippen molar-refractivity contribution in [2.24, 2.45) is 0 Å². The maximum Gasteiger partial charge on any atom is 0.362 e. The van der Waals surface area contributed by atoms with E-state index >= 15 is 0 Å². The molecule has 112 valence electrons. The van der Waals surface area contributed by atoms with Crippen LogP contribution in [0.1, 0.15) is 37.2 Å². The predicted molar refractivity (Wildman–Crippen MR) is 81.7 cm³/mol. The molecule has 6 nitrogen and oxygen atoms in total. The summed E-state index contributed by atoms with van der Waals surface area (Å²) in [5.41, 5.74) is 0.813. The summed E-state index contributed by atoms with van der Waals surface area (Å²) in [6.45, 7) is 4.85. The molecule has 2 aromatic rings. The molecule has 1 aromatic carbocycles. The minimum atomic E-state index is -0.704. The van der Waals surface area contributed by atoms with Gasteiger partial charge in [-0.05, 0) is 31.5 Å². The zero-order valence-corrected chi connectivity index (χ0v) is 12.2. The average molecular weight is 289 g/mol. The summed E-state index contributed by atoms with van der Waals surface area (Å²) in [6.07, 6.45) is 2.15. The number of H-pyrrole nitrogens is 1. The molecule has 21 heavy (non-hydrogen) atoms. The lowest BCUT2D eigenvalue weighted by Gasteiger charge is -2.07. The van der Waals surface area contributed by atoms with Crippen molar-refractivity contribution < 1.29 is 9.53 Å². The fourth-order valence-electron chi connectivity index (χ4n) is 1.98. The zero-order valence-electron chi connectivity index (χ0n) is 12.2. The molecular weight excluding hydrogens is 270 g/mol. The van der Waals surface area contributed by atoms with Gasteiger partial charge in [-0.15, -0.1) is 0 Å². The second-order valence-electron chi connectivity index (χ2n) is 4.66. The third-order valence-electron chi connectivity index (χ3n) is 3.10. The highest BCUT2D eigenvalue weighted by Crippen LogP contribution is 2.14. The lowest BCUT2D eigenvalue weighted by molar-refractivity contribution is 0.0517. The van der Waals surface area contributed by atoms with Crippen LogP contribution in [-0.2, 0) is 4.74 Å². The number of anilines is 1. The number of nitrogens with one attached hydrogen (secondary N) is 2. The van der Waals surface area contributed by atoms with Gasteiger partial charge in [0.1, 0.15) is 0 Å². The molecule has 0 aliphatic carbocycles. The second-order valence-corrected chi connectivity index (χ2v) is 4.66. The van der Waals surface area contributed by atoms with E-state index in [-0.39, 0.29) is 12.3 Å². The Balaban J connectivity index is 2.37. The molecule has 0 aliphatic rings. The van der Waals surface area contributed by atoms with Crippen molar-refractivity contribution in [2.45, 2.75) is 26.7 Å². The van der Waals surface area contributed by atoms with Gasteiger partial charge in [-0.3, -0.25) is 9.89 Å². The molecule has 0 spiro atoms. The summed E-state index contributed by atoms with van der Waals surface area (Å²) < 4.78 is 4.83. The lowest BCUT2D eigenvalue weighted by atomic mass is 10.1. The van der Waals surface area contributed by atoms with E-state index in [0.717, 1.165) is 25.1 Å². The fraction of sp³-hybridized carbons (Fsp3) is 0.400. The molecule has 1 heterocycles. The quantitative estimate of drug-likeness (QED) is 0.629. The van der Waals surface area contributed by atoms with Crippen LogP contribution < -0.4 is 10.7 Å². The van der Waals surface area contributed by atoms with Crippen LogP contribution in [0.5, 0.6) is 0 Å². The average Bonchev–Trinajstić information content (AvgIpc) is 2.48. The second kappa shape index (κ2) is 6.88. The van der Waals surface area contributed by atoms with E-state index in [1.165, 1.54) is 0 Å². The number of rotatable bonds is 6. The first-order chi connectivity index (χ1) is 10.2. The summed E-state index contributed by atoms with van der Waals surface area (Å²) in [4.78, 5) is 24.0. The third-order valence-corrected chi connectivity index (χ3v) is 3.10. The van der Waals surface area contributed by atoms with E-state index in [2.05, 4.69) is 22.4 Å². The van der Waals surface area contributed by atoms with Gasteiger partial charge in [0, 0.05) is 12.2 Å². The number of ether oxygens (including phenoxy) is 1. The molecule has 0 atom stereocenters. The Hall–Kier alpha value is -2.37. The fourth-order valence-corrected chi connectivity index (χ4v) is 1.98. The molecule has 0 aliphatic heterocycles. The Labute approximate surface area is 122 Å². The number of aromatic nitrogens is 2. The molecule has 0 radical (unpaired) electrons. The molecule has 0 unspecified atom stereocenters. The van der Waals surface area contributed by atoms with Gasteiger partial charge in [-0.2, -0.15) is 5.10 Å². The van der Waals surface area contributed by atoms with Crippen molar-refractivity contribution in [1.82, 2.24) is 10.2 Å². The van der Waals surface area contributed by atoms with Gasteiger partial charge in [-0.1, -0.05) is 13.3 Å². The molecule has 2 N–H and O–H groups in total. The molecule has 6 heteroatoms. The summed E-state index contributed by atoms with van der Waals surface area (Å²) in [5, 5.41) is 10.2. The first-order valence-electron chi connectivity index (χ1n) is 7.10. The van der Waals surface area contributed by atoms with Crippen molar-refractivity contribution >= 4 is 22.6 Å². The number of esters is 1. The van der Waals surface area contributed by atoms with Gasteiger partial charge in [0.2, 0.25) is 11.1 Å². The largest absolute Gasteiger partial charge is 0.461 e. The Morgan fingerprint density at radius 1 is 1.38 bits per heavy atom. The van der Waals surface area contributed by atoms with Crippen LogP contribution in [-0.4, -0.2) is 29.3 Å². The van der Waals surface area contributed by atoms with Crippen LogP contribution in [0.3, 0.4) is 0 Å². The predicted octanol–water partition coefficient (Wildman–Crippen LogP) is 2.31. The number of unbranched alkanes of at least 4 members (excludes halogenated alkanes) is 1. The van der Waals surface area contributed by atoms with Crippen molar-refractivity contribution in [3.05, 3.63) is 34.1 Å².